The molecule has 1 aliphatic carbocycles. The molecule has 0 amide bonds. The number of likely N-dealkylation sites (N-methyl/N-ethyl adjacent to an activating group) is 1. The SMILES string of the molecule is CC(C1CC1)N(C)C(CN)c1ccc(OC(F)(F)F)cc1. The van der Waals surface area contributed by atoms with E-state index in [0.29, 0.717) is 18.5 Å². The highest BCUT2D eigenvalue weighted by Crippen LogP contribution is 2.37. The number of hydrogen-bond acceptors (Lipinski definition) is 3. The largest absolute Gasteiger partial charge is 0.573 e. The summed E-state index contributed by atoms with van der Waals surface area (Å²) in [6.07, 6.45) is -2.19. The van der Waals surface area contributed by atoms with E-state index < -0.39 is 6.36 Å². The lowest BCUT2D eigenvalue weighted by Crippen LogP contribution is -2.38. The van der Waals surface area contributed by atoms with Crippen molar-refractivity contribution in [2.75, 3.05) is 13.6 Å². The first-order valence-corrected chi connectivity index (χ1v) is 7.09. The van der Waals surface area contributed by atoms with Gasteiger partial charge in [0.1, 0.15) is 5.75 Å². The Labute approximate surface area is 122 Å². The fourth-order valence-electron chi connectivity index (χ4n) is 2.62. The third-order valence-electron chi connectivity index (χ3n) is 4.16. The van der Waals surface area contributed by atoms with Gasteiger partial charge in [0.05, 0.1) is 0 Å². The van der Waals surface area contributed by atoms with Crippen molar-refractivity contribution in [2.45, 2.75) is 38.2 Å². The van der Waals surface area contributed by atoms with Gasteiger partial charge in [-0.25, -0.2) is 0 Å². The second-order valence-electron chi connectivity index (χ2n) is 5.61. The van der Waals surface area contributed by atoms with Crippen molar-refractivity contribution >= 4 is 0 Å². The lowest BCUT2D eigenvalue weighted by atomic mass is 10.0. The number of ether oxygens (including phenoxy) is 1. The predicted molar refractivity (Wildman–Crippen MR) is 74.9 cm³/mol. The lowest BCUT2D eigenvalue weighted by molar-refractivity contribution is -0.274. The molecule has 118 valence electrons. The molecule has 2 atom stereocenters. The Morgan fingerprint density at radius 1 is 1.29 bits per heavy atom. The van der Waals surface area contributed by atoms with Crippen LogP contribution in [0.5, 0.6) is 5.75 Å². The van der Waals surface area contributed by atoms with Crippen molar-refractivity contribution in [3.8, 4) is 5.75 Å². The molecule has 1 aromatic rings. The van der Waals surface area contributed by atoms with E-state index in [9.17, 15) is 13.2 Å². The van der Waals surface area contributed by atoms with Crippen LogP contribution in [0.25, 0.3) is 0 Å². The van der Waals surface area contributed by atoms with Gasteiger partial charge >= 0.3 is 6.36 Å². The molecule has 2 N–H and O–H groups in total. The van der Waals surface area contributed by atoms with Crippen LogP contribution in [-0.4, -0.2) is 30.9 Å². The zero-order chi connectivity index (χ0) is 15.6. The molecule has 1 saturated carbocycles. The van der Waals surface area contributed by atoms with E-state index in [1.165, 1.54) is 25.0 Å². The second kappa shape index (κ2) is 6.23. The first-order valence-electron chi connectivity index (χ1n) is 7.09. The molecule has 0 radical (unpaired) electrons. The summed E-state index contributed by atoms with van der Waals surface area (Å²) < 4.78 is 40.3. The zero-order valence-corrected chi connectivity index (χ0v) is 12.2. The molecule has 1 aromatic carbocycles. The number of nitrogens with zero attached hydrogens (tertiary/aromatic N) is 1. The third-order valence-corrected chi connectivity index (χ3v) is 4.16. The number of halogens is 3. The Hall–Kier alpha value is -1.27. The van der Waals surface area contributed by atoms with Gasteiger partial charge in [0.15, 0.2) is 0 Å². The molecule has 2 unspecified atom stereocenters. The first-order chi connectivity index (χ1) is 9.81. The van der Waals surface area contributed by atoms with Crippen LogP contribution in [0, 0.1) is 5.92 Å². The minimum Gasteiger partial charge on any atom is -0.406 e. The van der Waals surface area contributed by atoms with Gasteiger partial charge in [0.25, 0.3) is 0 Å². The maximum atomic E-state index is 12.1. The summed E-state index contributed by atoms with van der Waals surface area (Å²) in [5.74, 6) is 0.497. The maximum absolute atomic E-state index is 12.1. The van der Waals surface area contributed by atoms with Gasteiger partial charge in [-0.1, -0.05) is 12.1 Å². The fourth-order valence-corrected chi connectivity index (χ4v) is 2.62. The average Bonchev–Trinajstić information content (AvgIpc) is 3.23. The highest BCUT2D eigenvalue weighted by molar-refractivity contribution is 5.29. The summed E-state index contributed by atoms with van der Waals surface area (Å²) in [4.78, 5) is 2.21. The molecule has 0 saturated heterocycles. The highest BCUT2D eigenvalue weighted by atomic mass is 19.4. The zero-order valence-electron chi connectivity index (χ0n) is 12.2. The van der Waals surface area contributed by atoms with E-state index in [0.717, 1.165) is 5.56 Å². The molecule has 0 spiro atoms. The molecule has 21 heavy (non-hydrogen) atoms. The normalized spacial score (nSPS) is 18.6. The number of rotatable bonds is 6. The number of alkyl halides is 3. The smallest absolute Gasteiger partial charge is 0.406 e. The molecule has 3 nitrogen and oxygen atoms in total. The van der Waals surface area contributed by atoms with Crippen LogP contribution >= 0.6 is 0 Å². The number of benzene rings is 1. The Balaban J connectivity index is 2.07. The number of nitrogens with two attached hydrogens (primary N) is 1. The fraction of sp³-hybridized carbons (Fsp3) is 0.600. The number of hydrogen-bond donors (Lipinski definition) is 1. The van der Waals surface area contributed by atoms with Crippen LogP contribution in [0.15, 0.2) is 24.3 Å². The molecule has 2 rings (SSSR count). The Bertz CT molecular complexity index is 457. The third kappa shape index (κ3) is 4.35. The van der Waals surface area contributed by atoms with E-state index in [-0.39, 0.29) is 11.8 Å². The minimum atomic E-state index is -4.66. The Kier molecular flexibility index (Phi) is 4.78. The van der Waals surface area contributed by atoms with Crippen molar-refractivity contribution in [1.82, 2.24) is 4.90 Å². The Morgan fingerprint density at radius 2 is 1.86 bits per heavy atom. The highest BCUT2D eigenvalue weighted by Gasteiger charge is 2.34. The summed E-state index contributed by atoms with van der Waals surface area (Å²) in [5, 5.41) is 0. The maximum Gasteiger partial charge on any atom is 0.573 e. The predicted octanol–water partition coefficient (Wildman–Crippen LogP) is 3.32. The lowest BCUT2D eigenvalue weighted by Gasteiger charge is -2.33. The van der Waals surface area contributed by atoms with Crippen LogP contribution < -0.4 is 10.5 Å². The summed E-state index contributed by atoms with van der Waals surface area (Å²) >= 11 is 0. The van der Waals surface area contributed by atoms with Crippen molar-refractivity contribution in [1.29, 1.82) is 0 Å². The van der Waals surface area contributed by atoms with Gasteiger partial charge in [0, 0.05) is 18.6 Å². The van der Waals surface area contributed by atoms with Crippen molar-refractivity contribution in [2.24, 2.45) is 11.7 Å². The van der Waals surface area contributed by atoms with Crippen molar-refractivity contribution in [3.05, 3.63) is 29.8 Å². The quantitative estimate of drug-likeness (QED) is 0.876. The van der Waals surface area contributed by atoms with E-state index >= 15 is 0 Å². The monoisotopic (exact) mass is 302 g/mol. The summed E-state index contributed by atoms with van der Waals surface area (Å²) in [6, 6.07) is 6.39. The molecule has 0 aromatic heterocycles. The van der Waals surface area contributed by atoms with Gasteiger partial charge < -0.3 is 10.5 Å². The molecule has 0 heterocycles. The van der Waals surface area contributed by atoms with E-state index in [2.05, 4.69) is 16.6 Å². The van der Waals surface area contributed by atoms with Gasteiger partial charge in [-0.3, -0.25) is 4.90 Å². The van der Waals surface area contributed by atoms with Crippen LogP contribution in [-0.2, 0) is 0 Å². The van der Waals surface area contributed by atoms with Crippen LogP contribution in [0.1, 0.15) is 31.4 Å². The molecule has 0 aliphatic heterocycles. The van der Waals surface area contributed by atoms with Crippen LogP contribution in [0.2, 0.25) is 0 Å². The van der Waals surface area contributed by atoms with E-state index in [1.54, 1.807) is 12.1 Å². The Morgan fingerprint density at radius 3 is 2.29 bits per heavy atom. The molecule has 6 heteroatoms. The minimum absolute atomic E-state index is 0.000497. The van der Waals surface area contributed by atoms with Crippen molar-refractivity contribution in [3.63, 3.8) is 0 Å². The topological polar surface area (TPSA) is 38.5 Å². The van der Waals surface area contributed by atoms with Crippen molar-refractivity contribution < 1.29 is 17.9 Å². The second-order valence-corrected chi connectivity index (χ2v) is 5.61. The van der Waals surface area contributed by atoms with Gasteiger partial charge in [0.2, 0.25) is 0 Å². The molecule has 1 aliphatic rings. The molecular weight excluding hydrogens is 281 g/mol. The van der Waals surface area contributed by atoms with E-state index in [4.69, 9.17) is 5.73 Å². The summed E-state index contributed by atoms with van der Waals surface area (Å²) in [5.41, 5.74) is 6.76. The first kappa shape index (κ1) is 16.1. The van der Waals surface area contributed by atoms with E-state index in [1.807, 2.05) is 7.05 Å². The standard InChI is InChI=1S/C15H21F3N2O/c1-10(11-3-4-11)20(2)14(9-19)12-5-7-13(8-6-12)21-15(16,17)18/h5-8,10-11,14H,3-4,9,19H2,1-2H3. The average molecular weight is 302 g/mol. The molecule has 0 bridgehead atoms. The molecular formula is C15H21F3N2O. The van der Waals surface area contributed by atoms with Crippen LogP contribution in [0.4, 0.5) is 13.2 Å². The summed E-state index contributed by atoms with van der Waals surface area (Å²) in [7, 11) is 2.01. The molecule has 1 fully saturated rings. The van der Waals surface area contributed by atoms with Gasteiger partial charge in [-0.2, -0.15) is 0 Å². The van der Waals surface area contributed by atoms with Gasteiger partial charge in [-0.15, -0.1) is 13.2 Å². The van der Waals surface area contributed by atoms with Gasteiger partial charge in [-0.05, 0) is 50.4 Å². The summed E-state index contributed by atoms with van der Waals surface area (Å²) in [6.45, 7) is 2.59. The van der Waals surface area contributed by atoms with Crippen LogP contribution in [0.3, 0.4) is 0 Å².